The Balaban J connectivity index is 1.89. The number of carbonyl (C=O) groups excluding carboxylic acids is 3. The minimum Gasteiger partial charge on any atom is -0.351 e. The molecule has 126 valence electrons. The van der Waals surface area contributed by atoms with Gasteiger partial charge in [-0.1, -0.05) is 29.3 Å². The van der Waals surface area contributed by atoms with Crippen molar-refractivity contribution in [3.8, 4) is 0 Å². The molecule has 2 amide bonds. The summed E-state index contributed by atoms with van der Waals surface area (Å²) >= 11 is 0. The molecular formula is C15H10F3NO5. The van der Waals surface area contributed by atoms with Crippen molar-refractivity contribution in [1.29, 1.82) is 0 Å². The van der Waals surface area contributed by atoms with E-state index in [1.54, 1.807) is 0 Å². The lowest BCUT2D eigenvalue weighted by atomic mass is 9.97. The average molecular weight is 341 g/mol. The van der Waals surface area contributed by atoms with E-state index in [-0.39, 0.29) is 16.2 Å². The summed E-state index contributed by atoms with van der Waals surface area (Å²) in [6.45, 7) is -0.448. The van der Waals surface area contributed by atoms with Crippen molar-refractivity contribution in [1.82, 2.24) is 5.06 Å². The summed E-state index contributed by atoms with van der Waals surface area (Å²) in [5, 5.41) is 0.0299. The molecule has 24 heavy (non-hydrogen) atoms. The Labute approximate surface area is 133 Å². The van der Waals surface area contributed by atoms with Gasteiger partial charge < -0.3 is 9.57 Å². The monoisotopic (exact) mass is 341 g/mol. The van der Waals surface area contributed by atoms with Gasteiger partial charge in [0.2, 0.25) is 0 Å². The molecule has 6 nitrogen and oxygen atoms in total. The van der Waals surface area contributed by atoms with Gasteiger partial charge in [-0.05, 0) is 12.1 Å². The highest BCUT2D eigenvalue weighted by Crippen LogP contribution is 2.40. The standard InChI is InChI=1S/C15H10F3NO5/c16-15(17,18)14(7-3-4-8-23-14)13(22)24-19-11(20)9-5-1-2-6-10(9)12(19)21/h1-6H,7-8H2. The van der Waals surface area contributed by atoms with Crippen molar-refractivity contribution in [3.05, 3.63) is 47.5 Å². The predicted molar refractivity (Wildman–Crippen MR) is 71.5 cm³/mol. The van der Waals surface area contributed by atoms with Crippen molar-refractivity contribution in [2.24, 2.45) is 0 Å². The molecule has 0 radical (unpaired) electrons. The summed E-state index contributed by atoms with van der Waals surface area (Å²) in [6.07, 6.45) is -3.44. The van der Waals surface area contributed by atoms with E-state index < -0.39 is 42.6 Å². The van der Waals surface area contributed by atoms with E-state index in [4.69, 9.17) is 0 Å². The molecule has 2 aliphatic rings. The number of fused-ring (bicyclic) bond motifs is 1. The Morgan fingerprint density at radius 3 is 2.17 bits per heavy atom. The zero-order valence-electron chi connectivity index (χ0n) is 12.0. The first-order chi connectivity index (χ1) is 11.3. The second-order valence-electron chi connectivity index (χ2n) is 5.14. The van der Waals surface area contributed by atoms with Gasteiger partial charge in [0, 0.05) is 6.42 Å². The Morgan fingerprint density at radius 1 is 1.12 bits per heavy atom. The first-order valence-electron chi connectivity index (χ1n) is 6.84. The molecule has 1 atom stereocenters. The number of hydrogen-bond acceptors (Lipinski definition) is 5. The van der Waals surface area contributed by atoms with E-state index in [0.29, 0.717) is 0 Å². The van der Waals surface area contributed by atoms with Crippen LogP contribution in [0.4, 0.5) is 13.2 Å². The van der Waals surface area contributed by atoms with Crippen LogP contribution in [0.15, 0.2) is 36.4 Å². The predicted octanol–water partition coefficient (Wildman–Crippen LogP) is 2.02. The number of carbonyl (C=O) groups is 3. The van der Waals surface area contributed by atoms with E-state index in [1.807, 2.05) is 0 Å². The fourth-order valence-corrected chi connectivity index (χ4v) is 2.43. The van der Waals surface area contributed by atoms with E-state index >= 15 is 0 Å². The van der Waals surface area contributed by atoms with Crippen LogP contribution in [0.2, 0.25) is 0 Å². The third-order valence-corrected chi connectivity index (χ3v) is 3.72. The smallest absolute Gasteiger partial charge is 0.351 e. The van der Waals surface area contributed by atoms with E-state index in [2.05, 4.69) is 9.57 Å². The summed E-state index contributed by atoms with van der Waals surface area (Å²) in [6, 6.07) is 5.56. The SMILES string of the molecule is O=C1c2ccccc2C(=O)N1OC(=O)C1(C(F)(F)F)CC=CCO1. The molecule has 0 saturated carbocycles. The van der Waals surface area contributed by atoms with E-state index in [9.17, 15) is 27.6 Å². The lowest BCUT2D eigenvalue weighted by Crippen LogP contribution is -2.57. The van der Waals surface area contributed by atoms with Crippen LogP contribution in [0, 0.1) is 0 Å². The van der Waals surface area contributed by atoms with Crippen LogP contribution in [-0.2, 0) is 14.4 Å². The van der Waals surface area contributed by atoms with Gasteiger partial charge >= 0.3 is 12.1 Å². The molecule has 0 fully saturated rings. The first-order valence-corrected chi connectivity index (χ1v) is 6.84. The molecule has 0 aromatic heterocycles. The highest BCUT2D eigenvalue weighted by Gasteiger charge is 2.64. The van der Waals surface area contributed by atoms with Crippen molar-refractivity contribution in [3.63, 3.8) is 0 Å². The van der Waals surface area contributed by atoms with Crippen molar-refractivity contribution < 1.29 is 37.1 Å². The minimum atomic E-state index is -5.08. The topological polar surface area (TPSA) is 72.9 Å². The molecular weight excluding hydrogens is 331 g/mol. The number of amides is 2. The summed E-state index contributed by atoms with van der Waals surface area (Å²) in [5.74, 6) is -3.88. The quantitative estimate of drug-likeness (QED) is 0.608. The van der Waals surface area contributed by atoms with Crippen LogP contribution in [0.3, 0.4) is 0 Å². The highest BCUT2D eigenvalue weighted by molar-refractivity contribution is 6.21. The first kappa shape index (κ1) is 16.2. The Bertz CT molecular complexity index is 723. The third-order valence-electron chi connectivity index (χ3n) is 3.72. The molecule has 2 heterocycles. The molecule has 1 aromatic rings. The zero-order chi connectivity index (χ0) is 17.5. The second kappa shape index (κ2) is 5.45. The van der Waals surface area contributed by atoms with Gasteiger partial charge in [0.1, 0.15) is 0 Å². The van der Waals surface area contributed by atoms with Crippen LogP contribution in [-0.4, -0.2) is 41.2 Å². The third kappa shape index (κ3) is 2.28. The number of imide groups is 1. The summed E-state index contributed by atoms with van der Waals surface area (Å²) in [4.78, 5) is 40.8. The molecule has 0 saturated heterocycles. The molecule has 0 N–H and O–H groups in total. The number of hydroxylamine groups is 2. The van der Waals surface area contributed by atoms with Gasteiger partial charge in [-0.2, -0.15) is 13.2 Å². The minimum absolute atomic E-state index is 0.0299. The van der Waals surface area contributed by atoms with E-state index in [0.717, 1.165) is 6.08 Å². The van der Waals surface area contributed by atoms with Crippen LogP contribution in [0.1, 0.15) is 27.1 Å². The summed E-state index contributed by atoms with van der Waals surface area (Å²) in [5.41, 5.74) is -3.36. The van der Waals surface area contributed by atoms with Crippen LogP contribution in [0.25, 0.3) is 0 Å². The van der Waals surface area contributed by atoms with Crippen LogP contribution < -0.4 is 0 Å². The van der Waals surface area contributed by atoms with Gasteiger partial charge in [0.25, 0.3) is 17.4 Å². The summed E-state index contributed by atoms with van der Waals surface area (Å²) < 4.78 is 44.6. The number of benzene rings is 1. The number of alkyl halides is 3. The fourth-order valence-electron chi connectivity index (χ4n) is 2.43. The van der Waals surface area contributed by atoms with Gasteiger partial charge in [-0.25, -0.2) is 4.79 Å². The normalized spacial score (nSPS) is 23.4. The van der Waals surface area contributed by atoms with Gasteiger partial charge in [-0.15, -0.1) is 0 Å². The number of nitrogens with zero attached hydrogens (tertiary/aromatic N) is 1. The number of ether oxygens (including phenoxy) is 1. The Morgan fingerprint density at radius 2 is 1.71 bits per heavy atom. The summed E-state index contributed by atoms with van der Waals surface area (Å²) in [7, 11) is 0. The molecule has 0 spiro atoms. The molecule has 3 rings (SSSR count). The van der Waals surface area contributed by atoms with Crippen LogP contribution >= 0.6 is 0 Å². The molecule has 1 unspecified atom stereocenters. The zero-order valence-corrected chi connectivity index (χ0v) is 12.0. The maximum atomic E-state index is 13.3. The largest absolute Gasteiger partial charge is 0.428 e. The fraction of sp³-hybridized carbons (Fsp3) is 0.267. The maximum Gasteiger partial charge on any atom is 0.428 e. The molecule has 2 aliphatic heterocycles. The molecule has 0 bridgehead atoms. The second-order valence-corrected chi connectivity index (χ2v) is 5.14. The Kier molecular flexibility index (Phi) is 3.67. The van der Waals surface area contributed by atoms with E-state index in [1.165, 1.54) is 30.3 Å². The lowest BCUT2D eigenvalue weighted by molar-refractivity contribution is -0.283. The van der Waals surface area contributed by atoms with Crippen LogP contribution in [0.5, 0.6) is 0 Å². The molecule has 9 heteroatoms. The van der Waals surface area contributed by atoms with Gasteiger partial charge in [0.05, 0.1) is 17.7 Å². The lowest BCUT2D eigenvalue weighted by Gasteiger charge is -2.34. The molecule has 1 aromatic carbocycles. The number of halogens is 3. The maximum absolute atomic E-state index is 13.3. The average Bonchev–Trinajstić information content (AvgIpc) is 2.80. The molecule has 0 aliphatic carbocycles. The van der Waals surface area contributed by atoms with Crippen molar-refractivity contribution in [2.45, 2.75) is 18.2 Å². The van der Waals surface area contributed by atoms with Crippen molar-refractivity contribution >= 4 is 17.8 Å². The highest BCUT2D eigenvalue weighted by atomic mass is 19.4. The Hall–Kier alpha value is -2.68. The van der Waals surface area contributed by atoms with Crippen molar-refractivity contribution in [2.75, 3.05) is 6.61 Å². The number of rotatable bonds is 2. The van der Waals surface area contributed by atoms with Gasteiger partial charge in [-0.3, -0.25) is 9.59 Å². The van der Waals surface area contributed by atoms with Gasteiger partial charge in [0.15, 0.2) is 0 Å². The number of hydrogen-bond donors (Lipinski definition) is 0.